The van der Waals surface area contributed by atoms with Gasteiger partial charge in [-0.15, -0.1) is 11.8 Å². The summed E-state index contributed by atoms with van der Waals surface area (Å²) in [6.45, 7) is 2.92. The van der Waals surface area contributed by atoms with Gasteiger partial charge in [0.1, 0.15) is 11.6 Å². The Morgan fingerprint density at radius 1 is 0.944 bits per heavy atom. The van der Waals surface area contributed by atoms with Crippen molar-refractivity contribution in [2.24, 2.45) is 0 Å². The lowest BCUT2D eigenvalue weighted by atomic mass is 10.1. The molecule has 1 N–H and O–H groups in total. The molecule has 3 rings (SSSR count). The number of ketones is 1. The average molecular weight is 571 g/mol. The second kappa shape index (κ2) is 17.0. The molecule has 3 aromatic rings. The van der Waals surface area contributed by atoms with Crippen molar-refractivity contribution in [2.45, 2.75) is 69.9 Å². The van der Waals surface area contributed by atoms with E-state index >= 15 is 0 Å². The van der Waals surface area contributed by atoms with E-state index in [2.05, 4.69) is 39.1 Å². The van der Waals surface area contributed by atoms with Crippen molar-refractivity contribution in [2.75, 3.05) is 5.75 Å². The van der Waals surface area contributed by atoms with Gasteiger partial charge in [0, 0.05) is 29.8 Å². The van der Waals surface area contributed by atoms with Crippen LogP contribution in [-0.4, -0.2) is 21.5 Å². The van der Waals surface area contributed by atoms with Crippen LogP contribution in [0.3, 0.4) is 0 Å². The molecule has 0 aliphatic heterocycles. The second-order valence-electron chi connectivity index (χ2n) is 8.82. The third kappa shape index (κ3) is 11.5. The number of hydrogen-bond donors (Lipinski definition) is 1. The highest BCUT2D eigenvalue weighted by molar-refractivity contribution is 7.99. The van der Waals surface area contributed by atoms with Crippen LogP contribution in [0, 0.1) is 6.92 Å². The number of thioether (sulfide) groups is 1. The minimum Gasteiger partial charge on any atom is -1.00 e. The number of halogens is 1. The number of carbonyl (C=O) groups excluding carboxylic acids is 1. The Morgan fingerprint density at radius 2 is 1.58 bits per heavy atom. The maximum atomic E-state index is 12.2. The highest BCUT2D eigenvalue weighted by atomic mass is 79.9. The van der Waals surface area contributed by atoms with E-state index in [0.29, 0.717) is 5.56 Å². The van der Waals surface area contributed by atoms with E-state index in [9.17, 15) is 9.59 Å². The zero-order chi connectivity index (χ0) is 24.7. The summed E-state index contributed by atoms with van der Waals surface area (Å²) < 4.78 is 2.21. The van der Waals surface area contributed by atoms with Crippen LogP contribution in [-0.2, 0) is 6.54 Å². The number of allylic oxidation sites excluding steroid dienone is 1. The maximum absolute atomic E-state index is 12.2. The highest BCUT2D eigenvalue weighted by Gasteiger charge is 2.03. The van der Waals surface area contributed by atoms with Gasteiger partial charge in [-0.25, -0.2) is 9.36 Å². The van der Waals surface area contributed by atoms with Crippen molar-refractivity contribution < 1.29 is 26.3 Å². The third-order valence-electron chi connectivity index (χ3n) is 5.82. The minimum atomic E-state index is -0.257. The Kier molecular flexibility index (Phi) is 14.1. The number of H-pyrrole nitrogens is 1. The summed E-state index contributed by atoms with van der Waals surface area (Å²) in [6, 6.07) is 15.4. The van der Waals surface area contributed by atoms with Crippen LogP contribution in [0.4, 0.5) is 0 Å². The van der Waals surface area contributed by atoms with E-state index in [1.807, 2.05) is 49.4 Å². The molecule has 0 radical (unpaired) electrons. The van der Waals surface area contributed by atoms with E-state index in [4.69, 9.17) is 0 Å². The van der Waals surface area contributed by atoms with Crippen LogP contribution >= 0.6 is 11.8 Å². The van der Waals surface area contributed by atoms with Crippen LogP contribution in [0.25, 0.3) is 6.08 Å². The van der Waals surface area contributed by atoms with Crippen molar-refractivity contribution >= 4 is 23.6 Å². The zero-order valence-corrected chi connectivity index (χ0v) is 23.4. The topological polar surface area (TPSA) is 66.7 Å². The van der Waals surface area contributed by atoms with E-state index in [-0.39, 0.29) is 28.5 Å². The quantitative estimate of drug-likeness (QED) is 0.0762. The van der Waals surface area contributed by atoms with Crippen LogP contribution < -0.4 is 27.2 Å². The van der Waals surface area contributed by atoms with Crippen LogP contribution in [0.1, 0.15) is 73.0 Å². The smallest absolute Gasteiger partial charge is 0.346 e. The number of carbonyl (C=O) groups is 1. The molecule has 7 heteroatoms. The third-order valence-corrected chi connectivity index (χ3v) is 6.82. The molecule has 2 aromatic heterocycles. The molecule has 0 amide bonds. The summed E-state index contributed by atoms with van der Waals surface area (Å²) in [7, 11) is 0. The monoisotopic (exact) mass is 569 g/mol. The van der Waals surface area contributed by atoms with Crippen molar-refractivity contribution in [1.29, 1.82) is 0 Å². The molecule has 0 aliphatic carbocycles. The van der Waals surface area contributed by atoms with Gasteiger partial charge in [0.15, 0.2) is 18.2 Å². The molecular formula is C29H36BrN3O2S. The number of aryl methyl sites for hydroxylation is 2. The Labute approximate surface area is 229 Å². The van der Waals surface area contributed by atoms with Gasteiger partial charge in [-0.2, -0.15) is 4.98 Å². The standard InChI is InChI=1S/C29H35N3O2S.BrH/c1-24-23-28(31-29(34)30-24)35-22-12-7-5-3-2-4-6-11-19-32-20-17-25(18-21-32)15-16-27(33)26-13-9-8-10-14-26;/h8-10,13-18,20-21,23H,2-7,11-12,19,22H2,1H3;1H/b16-15+;. The Hall–Kier alpha value is -2.51. The van der Waals surface area contributed by atoms with Crippen LogP contribution in [0.15, 0.2) is 76.8 Å². The predicted octanol–water partition coefficient (Wildman–Crippen LogP) is 3.18. The van der Waals surface area contributed by atoms with Crippen molar-refractivity contribution in [3.63, 3.8) is 0 Å². The second-order valence-corrected chi connectivity index (χ2v) is 9.93. The number of hydrogen-bond acceptors (Lipinski definition) is 4. The number of aromatic nitrogens is 3. The van der Waals surface area contributed by atoms with Gasteiger partial charge in [-0.05, 0) is 43.2 Å². The summed E-state index contributed by atoms with van der Waals surface area (Å²) in [5.41, 5.74) is 2.36. The molecule has 0 saturated carbocycles. The van der Waals surface area contributed by atoms with Crippen molar-refractivity contribution in [1.82, 2.24) is 9.97 Å². The SMILES string of the molecule is Cc1cc(SCCCCCCCCCC[n+]2ccc(/C=C/C(=O)c3ccccc3)cc2)nc(=O)[nH]1.[Br-]. The lowest BCUT2D eigenvalue weighted by Gasteiger charge is -2.03. The predicted molar refractivity (Wildman–Crippen MR) is 144 cm³/mol. The zero-order valence-electron chi connectivity index (χ0n) is 21.0. The maximum Gasteiger partial charge on any atom is 0.346 e. The van der Waals surface area contributed by atoms with Crippen molar-refractivity contribution in [3.8, 4) is 0 Å². The lowest BCUT2D eigenvalue weighted by Crippen LogP contribution is -3.00. The molecular weight excluding hydrogens is 534 g/mol. The molecule has 0 bridgehead atoms. The molecule has 0 fully saturated rings. The van der Waals surface area contributed by atoms with E-state index in [1.54, 1.807) is 17.8 Å². The molecule has 5 nitrogen and oxygen atoms in total. The number of aromatic amines is 1. The molecule has 0 atom stereocenters. The number of unbranched alkanes of at least 4 members (excludes halogenated alkanes) is 7. The number of nitrogens with one attached hydrogen (secondary N) is 1. The molecule has 36 heavy (non-hydrogen) atoms. The number of nitrogens with zero attached hydrogens (tertiary/aromatic N) is 2. The fourth-order valence-corrected chi connectivity index (χ4v) is 4.82. The normalized spacial score (nSPS) is 10.9. The van der Waals surface area contributed by atoms with E-state index < -0.39 is 0 Å². The van der Waals surface area contributed by atoms with Gasteiger partial charge in [0.05, 0.1) is 0 Å². The molecule has 0 aliphatic rings. The van der Waals surface area contributed by atoms with Crippen LogP contribution in [0.2, 0.25) is 0 Å². The summed E-state index contributed by atoms with van der Waals surface area (Å²) in [5.74, 6) is 1.05. The van der Waals surface area contributed by atoms with Gasteiger partial charge >= 0.3 is 5.69 Å². The molecule has 2 heterocycles. The Balaban J connectivity index is 0.00000456. The van der Waals surface area contributed by atoms with E-state index in [1.165, 1.54) is 51.4 Å². The van der Waals surface area contributed by atoms with Gasteiger partial charge < -0.3 is 22.0 Å². The van der Waals surface area contributed by atoms with Gasteiger partial charge in [-0.1, -0.05) is 68.5 Å². The highest BCUT2D eigenvalue weighted by Crippen LogP contribution is 2.17. The number of pyridine rings is 1. The number of benzene rings is 1. The Bertz CT molecular complexity index is 1130. The lowest BCUT2D eigenvalue weighted by molar-refractivity contribution is -0.697. The fourth-order valence-electron chi connectivity index (χ4n) is 3.86. The number of rotatable bonds is 15. The molecule has 0 spiro atoms. The summed E-state index contributed by atoms with van der Waals surface area (Å²) >= 11 is 1.67. The van der Waals surface area contributed by atoms with E-state index in [0.717, 1.165) is 28.6 Å². The molecule has 0 saturated heterocycles. The first kappa shape index (κ1) is 29.7. The molecule has 1 aromatic carbocycles. The summed E-state index contributed by atoms with van der Waals surface area (Å²) in [4.78, 5) is 30.2. The molecule has 192 valence electrons. The summed E-state index contributed by atoms with van der Waals surface area (Å²) in [6.07, 6.45) is 17.7. The first-order chi connectivity index (χ1) is 17.1. The van der Waals surface area contributed by atoms with Crippen molar-refractivity contribution in [3.05, 3.63) is 94.3 Å². The fraction of sp³-hybridized carbons (Fsp3) is 0.379. The van der Waals surface area contributed by atoms with Crippen LogP contribution in [0.5, 0.6) is 0 Å². The minimum absolute atomic E-state index is 0. The molecule has 0 unspecified atom stereocenters. The first-order valence-electron chi connectivity index (χ1n) is 12.6. The Morgan fingerprint density at radius 3 is 2.25 bits per heavy atom. The largest absolute Gasteiger partial charge is 1.00 e. The average Bonchev–Trinajstić information content (AvgIpc) is 2.86. The first-order valence-corrected chi connectivity index (χ1v) is 13.6. The van der Waals surface area contributed by atoms with Gasteiger partial charge in [0.25, 0.3) is 0 Å². The van der Waals surface area contributed by atoms with Gasteiger partial charge in [-0.3, -0.25) is 4.79 Å². The summed E-state index contributed by atoms with van der Waals surface area (Å²) in [5, 5.41) is 0.827. The van der Waals surface area contributed by atoms with Gasteiger partial charge in [0.2, 0.25) is 0 Å².